The average Bonchev–Trinajstić information content (AvgIpc) is 2.28. The van der Waals surface area contributed by atoms with Crippen molar-refractivity contribution in [3.8, 4) is 6.07 Å². The molecule has 1 aromatic heterocycles. The molecule has 0 fully saturated rings. The van der Waals surface area contributed by atoms with E-state index in [0.717, 1.165) is 5.56 Å². The molecule has 0 unspecified atom stereocenters. The zero-order chi connectivity index (χ0) is 12.7. The largest absolute Gasteiger partial charge is 0.370 e. The molecule has 0 aromatic carbocycles. The number of nitrogens with two attached hydrogens (primary N) is 1. The number of aromatic nitrogens is 1. The third kappa shape index (κ3) is 4.09. The van der Waals surface area contributed by atoms with Crippen molar-refractivity contribution in [1.29, 1.82) is 5.26 Å². The highest BCUT2D eigenvalue weighted by Gasteiger charge is 2.05. The third-order valence-electron chi connectivity index (χ3n) is 2.05. The van der Waals surface area contributed by atoms with Gasteiger partial charge < -0.3 is 15.8 Å². The standard InChI is InChI=1S/C11H14N4O2/c1-8-2-3-14-11(9(8)6-12)15-4-5-17-7-10(13)16/h2-3H,4-5,7H2,1H3,(H2,13,16)(H,14,15). The van der Waals surface area contributed by atoms with Crippen molar-refractivity contribution in [3.05, 3.63) is 23.4 Å². The molecule has 6 nitrogen and oxygen atoms in total. The van der Waals surface area contributed by atoms with E-state index in [4.69, 9.17) is 15.7 Å². The number of primary amides is 1. The number of aryl methyl sites for hydroxylation is 1. The maximum atomic E-state index is 10.4. The van der Waals surface area contributed by atoms with Gasteiger partial charge >= 0.3 is 0 Å². The van der Waals surface area contributed by atoms with E-state index < -0.39 is 5.91 Å². The normalized spacial score (nSPS) is 9.65. The molecule has 0 saturated carbocycles. The number of amides is 1. The number of nitriles is 1. The van der Waals surface area contributed by atoms with Gasteiger partial charge in [0, 0.05) is 12.7 Å². The molecule has 0 bridgehead atoms. The van der Waals surface area contributed by atoms with Crippen LogP contribution in [0.15, 0.2) is 12.3 Å². The Kier molecular flexibility index (Phi) is 4.91. The van der Waals surface area contributed by atoms with E-state index in [1.54, 1.807) is 12.3 Å². The fourth-order valence-electron chi connectivity index (χ4n) is 1.25. The first kappa shape index (κ1) is 12.9. The number of anilines is 1. The molecule has 1 rings (SSSR count). The maximum Gasteiger partial charge on any atom is 0.243 e. The number of hydrogen-bond acceptors (Lipinski definition) is 5. The van der Waals surface area contributed by atoms with Crippen molar-refractivity contribution < 1.29 is 9.53 Å². The van der Waals surface area contributed by atoms with Gasteiger partial charge in [0.05, 0.1) is 12.2 Å². The summed E-state index contributed by atoms with van der Waals surface area (Å²) < 4.78 is 4.97. The molecule has 90 valence electrons. The SMILES string of the molecule is Cc1ccnc(NCCOCC(N)=O)c1C#N. The predicted octanol–water partition coefficient (Wildman–Crippen LogP) is 0.176. The van der Waals surface area contributed by atoms with E-state index >= 15 is 0 Å². The molecule has 0 aliphatic heterocycles. The molecule has 0 spiro atoms. The number of nitrogens with zero attached hydrogens (tertiary/aromatic N) is 2. The molecule has 0 aliphatic rings. The Morgan fingerprint density at radius 1 is 1.71 bits per heavy atom. The van der Waals surface area contributed by atoms with Crippen molar-refractivity contribution in [2.24, 2.45) is 5.73 Å². The lowest BCUT2D eigenvalue weighted by molar-refractivity contribution is -0.122. The second-order valence-electron chi connectivity index (χ2n) is 3.41. The monoisotopic (exact) mass is 234 g/mol. The fourth-order valence-corrected chi connectivity index (χ4v) is 1.25. The first-order valence-electron chi connectivity index (χ1n) is 5.10. The first-order valence-corrected chi connectivity index (χ1v) is 5.10. The smallest absolute Gasteiger partial charge is 0.243 e. The molecule has 1 amide bonds. The summed E-state index contributed by atoms with van der Waals surface area (Å²) in [6.07, 6.45) is 1.63. The zero-order valence-corrected chi connectivity index (χ0v) is 9.56. The lowest BCUT2D eigenvalue weighted by atomic mass is 10.1. The number of rotatable bonds is 6. The van der Waals surface area contributed by atoms with E-state index in [1.165, 1.54) is 0 Å². The maximum absolute atomic E-state index is 10.4. The van der Waals surface area contributed by atoms with Crippen molar-refractivity contribution in [1.82, 2.24) is 4.98 Å². The van der Waals surface area contributed by atoms with Gasteiger partial charge in [-0.05, 0) is 18.6 Å². The Balaban J connectivity index is 2.45. The molecule has 0 saturated heterocycles. The summed E-state index contributed by atoms with van der Waals surface area (Å²) in [5.41, 5.74) is 6.29. The van der Waals surface area contributed by atoms with Crippen LogP contribution < -0.4 is 11.1 Å². The Bertz CT molecular complexity index is 440. The molecule has 17 heavy (non-hydrogen) atoms. The molecule has 0 radical (unpaired) electrons. The number of hydrogen-bond donors (Lipinski definition) is 2. The van der Waals surface area contributed by atoms with E-state index in [1.807, 2.05) is 6.92 Å². The van der Waals surface area contributed by atoms with Gasteiger partial charge in [-0.1, -0.05) is 0 Å². The third-order valence-corrected chi connectivity index (χ3v) is 2.05. The van der Waals surface area contributed by atoms with E-state index in [2.05, 4.69) is 16.4 Å². The van der Waals surface area contributed by atoms with E-state index in [0.29, 0.717) is 24.5 Å². The Hall–Kier alpha value is -2.13. The van der Waals surface area contributed by atoms with Gasteiger partial charge in [-0.25, -0.2) is 4.98 Å². The van der Waals surface area contributed by atoms with Gasteiger partial charge in [0.15, 0.2) is 0 Å². The van der Waals surface area contributed by atoms with Crippen LogP contribution in [0, 0.1) is 18.3 Å². The topological polar surface area (TPSA) is 101 Å². The van der Waals surface area contributed by atoms with Crippen LogP contribution in [-0.4, -0.2) is 30.6 Å². The summed E-state index contributed by atoms with van der Waals surface area (Å²) >= 11 is 0. The summed E-state index contributed by atoms with van der Waals surface area (Å²) in [6.45, 7) is 2.52. The Morgan fingerprint density at radius 3 is 3.12 bits per heavy atom. The van der Waals surface area contributed by atoms with Gasteiger partial charge in [0.2, 0.25) is 5.91 Å². The van der Waals surface area contributed by atoms with Crippen LogP contribution in [0.5, 0.6) is 0 Å². The average molecular weight is 234 g/mol. The summed E-state index contributed by atoms with van der Waals surface area (Å²) in [7, 11) is 0. The van der Waals surface area contributed by atoms with Gasteiger partial charge in [-0.3, -0.25) is 4.79 Å². The summed E-state index contributed by atoms with van der Waals surface area (Å²) in [4.78, 5) is 14.5. The lowest BCUT2D eigenvalue weighted by Crippen LogP contribution is -2.21. The second-order valence-corrected chi connectivity index (χ2v) is 3.41. The summed E-state index contributed by atoms with van der Waals surface area (Å²) in [5.74, 6) is 0.0200. The van der Waals surface area contributed by atoms with Crippen LogP contribution in [0.4, 0.5) is 5.82 Å². The highest BCUT2D eigenvalue weighted by molar-refractivity contribution is 5.74. The lowest BCUT2D eigenvalue weighted by Gasteiger charge is -2.08. The van der Waals surface area contributed by atoms with Crippen LogP contribution in [0.1, 0.15) is 11.1 Å². The van der Waals surface area contributed by atoms with Crippen LogP contribution in [0.2, 0.25) is 0 Å². The fraction of sp³-hybridized carbons (Fsp3) is 0.364. The molecule has 3 N–H and O–H groups in total. The molecule has 0 aliphatic carbocycles. The minimum absolute atomic E-state index is 0.103. The van der Waals surface area contributed by atoms with E-state index in [9.17, 15) is 4.79 Å². The van der Waals surface area contributed by atoms with Crippen molar-refractivity contribution in [2.75, 3.05) is 25.1 Å². The predicted molar refractivity (Wildman–Crippen MR) is 62.2 cm³/mol. The van der Waals surface area contributed by atoms with Gasteiger partial charge in [-0.2, -0.15) is 5.26 Å². The number of carbonyl (C=O) groups is 1. The minimum atomic E-state index is -0.503. The number of pyridine rings is 1. The van der Waals surface area contributed by atoms with Crippen molar-refractivity contribution in [3.63, 3.8) is 0 Å². The quantitative estimate of drug-likeness (QED) is 0.683. The van der Waals surface area contributed by atoms with Crippen LogP contribution in [0.3, 0.4) is 0 Å². The highest BCUT2D eigenvalue weighted by atomic mass is 16.5. The first-order chi connectivity index (χ1) is 8.15. The van der Waals surface area contributed by atoms with Crippen molar-refractivity contribution >= 4 is 11.7 Å². The van der Waals surface area contributed by atoms with Crippen LogP contribution in [-0.2, 0) is 9.53 Å². The number of nitrogens with one attached hydrogen (secondary N) is 1. The Morgan fingerprint density at radius 2 is 2.47 bits per heavy atom. The summed E-state index contributed by atoms with van der Waals surface area (Å²) in [5, 5.41) is 11.9. The molecule has 1 aromatic rings. The zero-order valence-electron chi connectivity index (χ0n) is 9.56. The Labute approximate surface area is 99.4 Å². The molecular formula is C11H14N4O2. The minimum Gasteiger partial charge on any atom is -0.370 e. The van der Waals surface area contributed by atoms with Crippen LogP contribution in [0.25, 0.3) is 0 Å². The summed E-state index contributed by atoms with van der Waals surface area (Å²) in [6, 6.07) is 3.85. The molecule has 0 atom stereocenters. The molecule has 6 heteroatoms. The number of carbonyl (C=O) groups excluding carboxylic acids is 1. The number of ether oxygens (including phenoxy) is 1. The van der Waals surface area contributed by atoms with Crippen molar-refractivity contribution in [2.45, 2.75) is 6.92 Å². The van der Waals surface area contributed by atoms with Gasteiger partial charge in [0.25, 0.3) is 0 Å². The molecular weight excluding hydrogens is 220 g/mol. The van der Waals surface area contributed by atoms with Crippen LogP contribution >= 0.6 is 0 Å². The highest BCUT2D eigenvalue weighted by Crippen LogP contribution is 2.14. The van der Waals surface area contributed by atoms with Gasteiger partial charge in [0.1, 0.15) is 18.5 Å². The second kappa shape index (κ2) is 6.45. The molecule has 1 heterocycles. The van der Waals surface area contributed by atoms with Gasteiger partial charge in [-0.15, -0.1) is 0 Å². The van der Waals surface area contributed by atoms with E-state index in [-0.39, 0.29) is 6.61 Å².